The molecule has 0 radical (unpaired) electrons. The van der Waals surface area contributed by atoms with E-state index in [0.29, 0.717) is 45.8 Å². The fraction of sp³-hybridized carbons (Fsp3) is 0.280. The van der Waals surface area contributed by atoms with Crippen LogP contribution in [0.1, 0.15) is 30.0 Å². The highest BCUT2D eigenvalue weighted by Crippen LogP contribution is 2.37. The Hall–Kier alpha value is -1.91. The molecule has 6 heteroatoms. The Balaban J connectivity index is 1.58. The van der Waals surface area contributed by atoms with Crippen LogP contribution in [-0.4, -0.2) is 13.2 Å². The summed E-state index contributed by atoms with van der Waals surface area (Å²) in [6.45, 7) is 3.19. The number of aryl methyl sites for hydroxylation is 1. The number of methoxy groups -OCH3 is 1. The molecule has 0 aromatic heterocycles. The summed E-state index contributed by atoms with van der Waals surface area (Å²) in [6, 6.07) is 20.1. The van der Waals surface area contributed by atoms with Crippen LogP contribution >= 0.6 is 34.8 Å². The van der Waals surface area contributed by atoms with Gasteiger partial charge in [0, 0.05) is 12.6 Å². The summed E-state index contributed by atoms with van der Waals surface area (Å²) >= 11 is 18.6. The van der Waals surface area contributed by atoms with Crippen LogP contribution in [0.5, 0.6) is 11.5 Å². The normalized spacial score (nSPS) is 11.9. The topological polar surface area (TPSA) is 30.5 Å². The molecule has 0 saturated heterocycles. The third-order valence-corrected chi connectivity index (χ3v) is 6.04. The molecular formula is C25H26Cl3NO2. The first kappa shape index (κ1) is 23.7. The minimum atomic E-state index is 0.307. The number of hydrogen-bond donors (Lipinski definition) is 1. The summed E-state index contributed by atoms with van der Waals surface area (Å²) in [5.41, 5.74) is 3.28. The smallest absolute Gasteiger partial charge is 0.180 e. The second-order valence-electron chi connectivity index (χ2n) is 7.45. The molecule has 0 fully saturated rings. The van der Waals surface area contributed by atoms with E-state index in [1.807, 2.05) is 24.3 Å². The van der Waals surface area contributed by atoms with E-state index in [1.165, 1.54) is 5.56 Å². The summed E-state index contributed by atoms with van der Waals surface area (Å²) < 4.78 is 11.5. The van der Waals surface area contributed by atoms with Crippen molar-refractivity contribution in [2.45, 2.75) is 39.0 Å². The lowest BCUT2D eigenvalue weighted by atomic mass is 10.1. The van der Waals surface area contributed by atoms with Crippen molar-refractivity contribution < 1.29 is 9.47 Å². The second-order valence-corrected chi connectivity index (χ2v) is 8.67. The molecule has 3 aromatic carbocycles. The Labute approximate surface area is 199 Å². The van der Waals surface area contributed by atoms with Gasteiger partial charge >= 0.3 is 0 Å². The number of nitrogens with one attached hydrogen (secondary N) is 1. The predicted octanol–water partition coefficient (Wildman–Crippen LogP) is 7.35. The van der Waals surface area contributed by atoms with Crippen molar-refractivity contribution in [2.24, 2.45) is 0 Å². The van der Waals surface area contributed by atoms with Crippen molar-refractivity contribution in [2.75, 3.05) is 7.11 Å². The van der Waals surface area contributed by atoms with Gasteiger partial charge in [-0.25, -0.2) is 0 Å². The van der Waals surface area contributed by atoms with Crippen LogP contribution in [0.3, 0.4) is 0 Å². The lowest BCUT2D eigenvalue weighted by Gasteiger charge is -2.17. The molecule has 0 aliphatic carbocycles. The molecule has 1 N–H and O–H groups in total. The molecule has 3 rings (SSSR count). The molecule has 1 atom stereocenters. The molecule has 3 nitrogen and oxygen atoms in total. The molecule has 164 valence electrons. The molecular weight excluding hydrogens is 453 g/mol. The van der Waals surface area contributed by atoms with Gasteiger partial charge in [0.05, 0.1) is 22.2 Å². The first-order valence-electron chi connectivity index (χ1n) is 10.2. The molecule has 0 unspecified atom stereocenters. The van der Waals surface area contributed by atoms with Crippen LogP contribution in [0.25, 0.3) is 0 Å². The van der Waals surface area contributed by atoms with Gasteiger partial charge in [-0.05, 0) is 60.7 Å². The van der Waals surface area contributed by atoms with E-state index < -0.39 is 0 Å². The average Bonchev–Trinajstić information content (AvgIpc) is 2.78. The zero-order valence-electron chi connectivity index (χ0n) is 17.6. The van der Waals surface area contributed by atoms with Crippen LogP contribution in [0.2, 0.25) is 15.1 Å². The zero-order chi connectivity index (χ0) is 22.2. The Bertz CT molecular complexity index is 996. The zero-order valence-corrected chi connectivity index (χ0v) is 19.9. The van der Waals surface area contributed by atoms with Crippen molar-refractivity contribution in [3.05, 3.63) is 92.4 Å². The standard InChI is InChI=1S/C25H26Cl3NO2/c1-17(8-9-18-6-4-3-5-7-18)29-15-20-13-23(28)25(24(14-20)30-2)31-16-19-10-11-21(26)22(27)12-19/h3-7,10-14,17,29H,8-9,15-16H2,1-2H3/t17-/m0/s1. The average molecular weight is 479 g/mol. The van der Waals surface area contributed by atoms with Gasteiger partial charge in [0.25, 0.3) is 0 Å². The minimum Gasteiger partial charge on any atom is -0.493 e. The largest absolute Gasteiger partial charge is 0.493 e. The number of rotatable bonds is 10. The SMILES string of the molecule is COc1cc(CN[C@@H](C)CCc2ccccc2)cc(Cl)c1OCc1ccc(Cl)c(Cl)c1. The van der Waals surface area contributed by atoms with Gasteiger partial charge in [-0.3, -0.25) is 0 Å². The van der Waals surface area contributed by atoms with Crippen LogP contribution < -0.4 is 14.8 Å². The highest BCUT2D eigenvalue weighted by molar-refractivity contribution is 6.42. The number of benzene rings is 3. The van der Waals surface area contributed by atoms with E-state index >= 15 is 0 Å². The molecule has 0 heterocycles. The summed E-state index contributed by atoms with van der Waals surface area (Å²) in [5, 5.41) is 5.06. The Morgan fingerprint density at radius 1 is 0.839 bits per heavy atom. The minimum absolute atomic E-state index is 0.307. The van der Waals surface area contributed by atoms with Gasteiger partial charge in [0.15, 0.2) is 11.5 Å². The summed E-state index contributed by atoms with van der Waals surface area (Å²) in [5.74, 6) is 1.11. The lowest BCUT2D eigenvalue weighted by Crippen LogP contribution is -2.26. The molecule has 0 spiro atoms. The van der Waals surface area contributed by atoms with Crippen LogP contribution in [-0.2, 0) is 19.6 Å². The van der Waals surface area contributed by atoms with Gasteiger partial charge in [-0.1, -0.05) is 71.2 Å². The van der Waals surface area contributed by atoms with Gasteiger partial charge < -0.3 is 14.8 Å². The van der Waals surface area contributed by atoms with E-state index in [2.05, 4.69) is 36.5 Å². The van der Waals surface area contributed by atoms with E-state index in [4.69, 9.17) is 44.3 Å². The Kier molecular flexibility index (Phi) is 8.91. The van der Waals surface area contributed by atoms with Gasteiger partial charge in [0.2, 0.25) is 0 Å². The third kappa shape index (κ3) is 7.05. The quantitative estimate of drug-likeness (QED) is 0.330. The third-order valence-electron chi connectivity index (χ3n) is 5.02. The highest BCUT2D eigenvalue weighted by Gasteiger charge is 2.13. The maximum atomic E-state index is 6.51. The predicted molar refractivity (Wildman–Crippen MR) is 130 cm³/mol. The van der Waals surface area contributed by atoms with Crippen LogP contribution in [0.15, 0.2) is 60.7 Å². The summed E-state index contributed by atoms with van der Waals surface area (Å²) in [4.78, 5) is 0. The lowest BCUT2D eigenvalue weighted by molar-refractivity contribution is 0.284. The number of halogens is 3. The Morgan fingerprint density at radius 3 is 2.29 bits per heavy atom. The number of hydrogen-bond acceptors (Lipinski definition) is 3. The molecule has 0 amide bonds. The fourth-order valence-electron chi connectivity index (χ4n) is 3.22. The first-order valence-corrected chi connectivity index (χ1v) is 11.3. The van der Waals surface area contributed by atoms with Crippen LogP contribution in [0, 0.1) is 0 Å². The van der Waals surface area contributed by atoms with Gasteiger partial charge in [-0.2, -0.15) is 0 Å². The monoisotopic (exact) mass is 477 g/mol. The van der Waals surface area contributed by atoms with E-state index in [-0.39, 0.29) is 0 Å². The number of ether oxygens (including phenoxy) is 2. The molecule has 0 saturated carbocycles. The fourth-order valence-corrected chi connectivity index (χ4v) is 3.83. The van der Waals surface area contributed by atoms with Crippen molar-refractivity contribution in [3.8, 4) is 11.5 Å². The van der Waals surface area contributed by atoms with Gasteiger partial charge in [0.1, 0.15) is 6.61 Å². The van der Waals surface area contributed by atoms with Crippen LogP contribution in [0.4, 0.5) is 0 Å². The van der Waals surface area contributed by atoms with Crippen molar-refractivity contribution in [1.29, 1.82) is 0 Å². The Morgan fingerprint density at radius 2 is 1.58 bits per heavy atom. The highest BCUT2D eigenvalue weighted by atomic mass is 35.5. The van der Waals surface area contributed by atoms with E-state index in [1.54, 1.807) is 19.2 Å². The molecule has 0 aliphatic rings. The van der Waals surface area contributed by atoms with Crippen molar-refractivity contribution in [1.82, 2.24) is 5.32 Å². The molecule has 3 aromatic rings. The second kappa shape index (κ2) is 11.6. The summed E-state index contributed by atoms with van der Waals surface area (Å²) in [6.07, 6.45) is 2.10. The maximum Gasteiger partial charge on any atom is 0.180 e. The first-order chi connectivity index (χ1) is 15.0. The molecule has 31 heavy (non-hydrogen) atoms. The van der Waals surface area contributed by atoms with E-state index in [0.717, 1.165) is 24.0 Å². The molecule has 0 bridgehead atoms. The van der Waals surface area contributed by atoms with Crippen molar-refractivity contribution >= 4 is 34.8 Å². The maximum absolute atomic E-state index is 6.51. The van der Waals surface area contributed by atoms with Gasteiger partial charge in [-0.15, -0.1) is 0 Å². The van der Waals surface area contributed by atoms with E-state index in [9.17, 15) is 0 Å². The van der Waals surface area contributed by atoms with Crippen molar-refractivity contribution in [3.63, 3.8) is 0 Å². The summed E-state index contributed by atoms with van der Waals surface area (Å²) in [7, 11) is 1.61. The molecule has 0 aliphatic heterocycles.